The molecule has 140 valence electrons. The van der Waals surface area contributed by atoms with Crippen molar-refractivity contribution in [3.63, 3.8) is 0 Å². The Morgan fingerprint density at radius 3 is 1.71 bits per heavy atom. The van der Waals surface area contributed by atoms with E-state index in [1.165, 1.54) is 0 Å². The molecule has 0 spiro atoms. The van der Waals surface area contributed by atoms with E-state index >= 15 is 0 Å². The minimum Gasteiger partial charge on any atom is -0.481 e. The van der Waals surface area contributed by atoms with Crippen molar-refractivity contribution in [1.29, 1.82) is 0 Å². The van der Waals surface area contributed by atoms with E-state index < -0.39 is 36.4 Å². The number of ether oxygens (including phenoxy) is 1. The summed E-state index contributed by atoms with van der Waals surface area (Å²) >= 11 is 0. The van der Waals surface area contributed by atoms with E-state index in [2.05, 4.69) is 0 Å². The first-order valence-corrected chi connectivity index (χ1v) is 7.09. The highest BCUT2D eigenvalue weighted by Crippen LogP contribution is 2.15. The first kappa shape index (κ1) is 24.1. The number of carboxylic acid groups (broad SMARTS) is 3. The second kappa shape index (κ2) is 11.4. The summed E-state index contributed by atoms with van der Waals surface area (Å²) in [6.07, 6.45) is -1.41. The largest absolute Gasteiger partial charge is 0.481 e. The van der Waals surface area contributed by atoms with Crippen molar-refractivity contribution in [1.82, 2.24) is 4.90 Å². The van der Waals surface area contributed by atoms with Crippen LogP contribution in [-0.4, -0.2) is 81.5 Å². The maximum absolute atomic E-state index is 11.1. The third-order valence-corrected chi connectivity index (χ3v) is 2.85. The van der Waals surface area contributed by atoms with Crippen LogP contribution in [0.4, 0.5) is 0 Å². The van der Waals surface area contributed by atoms with Gasteiger partial charge in [-0.3, -0.25) is 19.3 Å². The first-order valence-electron chi connectivity index (χ1n) is 7.09. The summed E-state index contributed by atoms with van der Waals surface area (Å²) in [6.45, 7) is 4.34. The Kier molecular flexibility index (Phi) is 11.4. The van der Waals surface area contributed by atoms with Crippen LogP contribution in [0.5, 0.6) is 0 Å². The lowest BCUT2D eigenvalue weighted by molar-refractivity contribution is -0.170. The van der Waals surface area contributed by atoms with Crippen LogP contribution in [0, 0.1) is 0 Å². The van der Waals surface area contributed by atoms with Crippen molar-refractivity contribution in [2.45, 2.75) is 44.8 Å². The summed E-state index contributed by atoms with van der Waals surface area (Å²) < 4.78 is 4.93. The third kappa shape index (κ3) is 10.5. The number of hydrogen-bond acceptors (Lipinski definition) is 7. The van der Waals surface area contributed by atoms with Crippen LogP contribution in [0.2, 0.25) is 0 Å². The van der Waals surface area contributed by atoms with Gasteiger partial charge < -0.3 is 25.2 Å². The zero-order valence-electron chi connectivity index (χ0n) is 14.2. The highest BCUT2D eigenvalue weighted by molar-refractivity contribution is 5.88. The Morgan fingerprint density at radius 1 is 1.04 bits per heavy atom. The fraction of sp³-hybridized carbons (Fsp3) is 0.714. The average Bonchev–Trinajstić information content (AvgIpc) is 2.42. The van der Waals surface area contributed by atoms with Crippen molar-refractivity contribution < 1.29 is 44.3 Å². The predicted octanol–water partition coefficient (Wildman–Crippen LogP) is -0.359. The van der Waals surface area contributed by atoms with Gasteiger partial charge in [0.05, 0.1) is 19.4 Å². The van der Waals surface area contributed by atoms with Gasteiger partial charge >= 0.3 is 23.9 Å². The molecule has 0 aromatic carbocycles. The van der Waals surface area contributed by atoms with Crippen LogP contribution in [0.1, 0.15) is 33.1 Å². The van der Waals surface area contributed by atoms with Crippen LogP contribution in [0.25, 0.3) is 0 Å². The minimum atomic E-state index is -2.74. The molecule has 0 bridgehead atoms. The Bertz CT molecular complexity index is 432. The molecule has 24 heavy (non-hydrogen) atoms. The standard InChI is InChI=1S/C8H17NO2.C6H8O7/c1-5-6-11-8(10)7(2)9(3)4;7-3(8)1-6(13,5(11)12)2-4(9)10/h7H,5-6H2,1-4H3;13H,1-2H2,(H,7,8)(H,9,10)(H,11,12). The second-order valence-electron chi connectivity index (χ2n) is 5.28. The van der Waals surface area contributed by atoms with Crippen LogP contribution in [0.15, 0.2) is 0 Å². The fourth-order valence-corrected chi connectivity index (χ4v) is 1.25. The van der Waals surface area contributed by atoms with Crippen molar-refractivity contribution in [3.8, 4) is 0 Å². The Labute approximate surface area is 139 Å². The summed E-state index contributed by atoms with van der Waals surface area (Å²) in [4.78, 5) is 43.4. The normalized spacial score (nSPS) is 11.9. The maximum Gasteiger partial charge on any atom is 0.336 e. The zero-order valence-corrected chi connectivity index (χ0v) is 14.2. The Hall–Kier alpha value is -2.20. The van der Waals surface area contributed by atoms with Gasteiger partial charge in [0.1, 0.15) is 6.04 Å². The van der Waals surface area contributed by atoms with Crippen molar-refractivity contribution >= 4 is 23.9 Å². The molecule has 10 nitrogen and oxygen atoms in total. The molecule has 0 aromatic rings. The monoisotopic (exact) mass is 351 g/mol. The van der Waals surface area contributed by atoms with Gasteiger partial charge in [0.15, 0.2) is 5.60 Å². The summed E-state index contributed by atoms with van der Waals surface area (Å²) in [5.74, 6) is -5.16. The molecule has 0 fully saturated rings. The number of esters is 1. The number of aliphatic hydroxyl groups is 1. The predicted molar refractivity (Wildman–Crippen MR) is 81.5 cm³/mol. The molecule has 0 rings (SSSR count). The lowest BCUT2D eigenvalue weighted by atomic mass is 9.96. The number of hydrogen-bond donors (Lipinski definition) is 4. The molecule has 0 heterocycles. The Balaban J connectivity index is 0. The molecule has 0 saturated heterocycles. The summed E-state index contributed by atoms with van der Waals surface area (Å²) in [5.41, 5.74) is -2.74. The summed E-state index contributed by atoms with van der Waals surface area (Å²) in [7, 11) is 3.72. The Morgan fingerprint density at radius 2 is 1.46 bits per heavy atom. The van der Waals surface area contributed by atoms with Gasteiger partial charge in [0, 0.05) is 0 Å². The van der Waals surface area contributed by atoms with E-state index in [9.17, 15) is 19.2 Å². The molecule has 0 saturated carbocycles. The number of aliphatic carboxylic acids is 3. The van der Waals surface area contributed by atoms with Crippen molar-refractivity contribution in [2.24, 2.45) is 0 Å². The van der Waals surface area contributed by atoms with E-state index in [0.29, 0.717) is 6.61 Å². The topological polar surface area (TPSA) is 162 Å². The number of likely N-dealkylation sites (N-methyl/N-ethyl adjacent to an activating group) is 1. The second-order valence-corrected chi connectivity index (χ2v) is 5.28. The van der Waals surface area contributed by atoms with E-state index in [1.807, 2.05) is 32.8 Å². The number of nitrogens with zero attached hydrogens (tertiary/aromatic N) is 1. The maximum atomic E-state index is 11.1. The van der Waals surface area contributed by atoms with Gasteiger partial charge in [-0.1, -0.05) is 6.92 Å². The third-order valence-electron chi connectivity index (χ3n) is 2.85. The summed E-state index contributed by atoms with van der Waals surface area (Å²) in [5, 5.41) is 33.8. The van der Waals surface area contributed by atoms with E-state index in [-0.39, 0.29) is 12.0 Å². The number of rotatable bonds is 9. The van der Waals surface area contributed by atoms with Crippen LogP contribution >= 0.6 is 0 Å². The number of carboxylic acids is 3. The van der Waals surface area contributed by atoms with Crippen LogP contribution in [-0.2, 0) is 23.9 Å². The molecule has 10 heteroatoms. The molecular weight excluding hydrogens is 326 g/mol. The SMILES string of the molecule is CCCOC(=O)C(C)N(C)C.O=C(O)CC(O)(CC(=O)O)C(=O)O. The molecule has 4 N–H and O–H groups in total. The zero-order chi connectivity index (χ0) is 19.5. The highest BCUT2D eigenvalue weighted by Gasteiger charge is 2.40. The van der Waals surface area contributed by atoms with E-state index in [4.69, 9.17) is 25.2 Å². The smallest absolute Gasteiger partial charge is 0.336 e. The quantitative estimate of drug-likeness (QED) is 0.404. The molecule has 0 aliphatic carbocycles. The van der Waals surface area contributed by atoms with Gasteiger partial charge in [-0.2, -0.15) is 0 Å². The molecule has 0 amide bonds. The minimum absolute atomic E-state index is 0.137. The molecule has 1 atom stereocenters. The van der Waals surface area contributed by atoms with Gasteiger partial charge in [0.2, 0.25) is 0 Å². The molecule has 1 unspecified atom stereocenters. The first-order chi connectivity index (χ1) is 10.9. The molecule has 0 radical (unpaired) electrons. The van der Waals surface area contributed by atoms with Gasteiger partial charge in [0.25, 0.3) is 0 Å². The van der Waals surface area contributed by atoms with E-state index in [1.54, 1.807) is 0 Å². The lowest BCUT2D eigenvalue weighted by Crippen LogP contribution is -2.42. The number of carbonyl (C=O) groups excluding carboxylic acids is 1. The van der Waals surface area contributed by atoms with Crippen LogP contribution in [0.3, 0.4) is 0 Å². The molecule has 0 aliphatic heterocycles. The van der Waals surface area contributed by atoms with Crippen molar-refractivity contribution in [3.05, 3.63) is 0 Å². The van der Waals surface area contributed by atoms with Crippen LogP contribution < -0.4 is 0 Å². The fourth-order valence-electron chi connectivity index (χ4n) is 1.25. The van der Waals surface area contributed by atoms with Gasteiger partial charge in [-0.05, 0) is 27.4 Å². The average molecular weight is 351 g/mol. The molecule has 0 aliphatic rings. The van der Waals surface area contributed by atoms with Gasteiger partial charge in [-0.25, -0.2) is 4.79 Å². The highest BCUT2D eigenvalue weighted by atomic mass is 16.5. The number of carbonyl (C=O) groups is 4. The summed E-state index contributed by atoms with van der Waals surface area (Å²) in [6, 6.07) is -0.137. The van der Waals surface area contributed by atoms with Crippen molar-refractivity contribution in [2.75, 3.05) is 20.7 Å². The van der Waals surface area contributed by atoms with E-state index in [0.717, 1.165) is 6.42 Å². The molecule has 0 aromatic heterocycles. The molecular formula is C14H25NO9. The lowest BCUT2D eigenvalue weighted by Gasteiger charge is -2.18. The van der Waals surface area contributed by atoms with Gasteiger partial charge in [-0.15, -0.1) is 0 Å².